The molecule has 0 unspecified atom stereocenters. The second-order valence-corrected chi connectivity index (χ2v) is 3.82. The Kier molecular flexibility index (Phi) is 2.27. The Hall–Kier alpha value is -1.32. The number of hydrogen-bond acceptors (Lipinski definition) is 3. The highest BCUT2D eigenvalue weighted by molar-refractivity contribution is 5.80. The molecule has 1 aliphatic rings. The molecule has 4 nitrogen and oxygen atoms in total. The Morgan fingerprint density at radius 2 is 2.14 bits per heavy atom. The first-order valence-corrected chi connectivity index (χ1v) is 4.88. The fourth-order valence-corrected chi connectivity index (χ4v) is 2.18. The Labute approximate surface area is 81.9 Å². The largest absolute Gasteiger partial charge is 0.481 e. The molecule has 0 bridgehead atoms. The van der Waals surface area contributed by atoms with Gasteiger partial charge in [0.2, 0.25) is 0 Å². The van der Waals surface area contributed by atoms with Crippen LogP contribution in [0.2, 0.25) is 0 Å². The van der Waals surface area contributed by atoms with Crippen molar-refractivity contribution in [3.8, 4) is 0 Å². The summed E-state index contributed by atoms with van der Waals surface area (Å²) in [6, 6.07) is 0. The van der Waals surface area contributed by atoms with E-state index in [2.05, 4.69) is 4.98 Å². The van der Waals surface area contributed by atoms with E-state index < -0.39 is 11.4 Å². The van der Waals surface area contributed by atoms with Crippen LogP contribution in [0.15, 0.2) is 17.1 Å². The van der Waals surface area contributed by atoms with Gasteiger partial charge in [-0.1, -0.05) is 19.3 Å². The molecule has 0 aromatic carbocycles. The van der Waals surface area contributed by atoms with Crippen LogP contribution in [0.5, 0.6) is 0 Å². The number of carboxylic acids is 1. The average molecular weight is 195 g/mol. The molecule has 2 rings (SSSR count). The second-order valence-electron chi connectivity index (χ2n) is 3.82. The minimum atomic E-state index is -0.786. The van der Waals surface area contributed by atoms with Gasteiger partial charge in [0.05, 0.1) is 5.69 Å². The first-order valence-electron chi connectivity index (χ1n) is 4.88. The summed E-state index contributed by atoms with van der Waals surface area (Å²) in [5.41, 5.74) is -0.213. The number of aromatic nitrogens is 1. The van der Waals surface area contributed by atoms with Gasteiger partial charge in [-0.2, -0.15) is 0 Å². The Bertz CT molecular complexity index is 312. The summed E-state index contributed by atoms with van der Waals surface area (Å²) in [6.07, 6.45) is 7.14. The normalized spacial score (nSPS) is 20.6. The third-order valence-corrected chi connectivity index (χ3v) is 3.04. The molecule has 1 aromatic rings. The first-order chi connectivity index (χ1) is 6.76. The lowest BCUT2D eigenvalue weighted by Gasteiger charge is -2.30. The minimum Gasteiger partial charge on any atom is -0.481 e. The summed E-state index contributed by atoms with van der Waals surface area (Å²) in [5, 5.41) is 9.28. The van der Waals surface area contributed by atoms with E-state index in [0.717, 1.165) is 19.3 Å². The van der Waals surface area contributed by atoms with E-state index in [9.17, 15) is 9.90 Å². The molecule has 0 spiro atoms. The molecular formula is C10H13NO3. The zero-order valence-corrected chi connectivity index (χ0v) is 7.90. The van der Waals surface area contributed by atoms with E-state index in [-0.39, 0.29) is 0 Å². The van der Waals surface area contributed by atoms with Gasteiger partial charge in [-0.05, 0) is 12.8 Å². The van der Waals surface area contributed by atoms with Crippen LogP contribution in [0, 0.1) is 0 Å². The SMILES string of the molecule is O=C(O)C1(c2cocn2)CCCCC1. The quantitative estimate of drug-likeness (QED) is 0.783. The maximum Gasteiger partial charge on any atom is 0.315 e. The molecule has 0 amide bonds. The van der Waals surface area contributed by atoms with E-state index >= 15 is 0 Å². The highest BCUT2D eigenvalue weighted by Gasteiger charge is 2.43. The Balaban J connectivity index is 2.35. The lowest BCUT2D eigenvalue weighted by molar-refractivity contribution is -0.145. The highest BCUT2D eigenvalue weighted by Crippen LogP contribution is 2.38. The third-order valence-electron chi connectivity index (χ3n) is 3.04. The molecule has 1 fully saturated rings. The van der Waals surface area contributed by atoms with Crippen molar-refractivity contribution in [1.82, 2.24) is 4.98 Å². The molecule has 0 aliphatic heterocycles. The molecule has 0 saturated heterocycles. The van der Waals surface area contributed by atoms with Crippen LogP contribution in [0.25, 0.3) is 0 Å². The number of hydrogen-bond donors (Lipinski definition) is 1. The van der Waals surface area contributed by atoms with Gasteiger partial charge in [0.1, 0.15) is 11.7 Å². The topological polar surface area (TPSA) is 63.3 Å². The van der Waals surface area contributed by atoms with Gasteiger partial charge in [-0.15, -0.1) is 0 Å². The smallest absolute Gasteiger partial charge is 0.315 e. The van der Waals surface area contributed by atoms with Crippen molar-refractivity contribution in [2.45, 2.75) is 37.5 Å². The molecule has 14 heavy (non-hydrogen) atoms. The number of rotatable bonds is 2. The van der Waals surface area contributed by atoms with E-state index in [0.29, 0.717) is 18.5 Å². The molecule has 1 heterocycles. The zero-order chi connectivity index (χ0) is 10.0. The highest BCUT2D eigenvalue weighted by atomic mass is 16.4. The Morgan fingerprint density at radius 1 is 1.43 bits per heavy atom. The summed E-state index contributed by atoms with van der Waals surface area (Å²) in [6.45, 7) is 0. The van der Waals surface area contributed by atoms with Crippen LogP contribution in [-0.4, -0.2) is 16.1 Å². The molecule has 1 aromatic heterocycles. The van der Waals surface area contributed by atoms with Crippen molar-refractivity contribution in [3.05, 3.63) is 18.4 Å². The summed E-state index contributed by atoms with van der Waals surface area (Å²) >= 11 is 0. The molecule has 0 radical (unpaired) electrons. The predicted molar refractivity (Wildman–Crippen MR) is 48.9 cm³/mol. The molecule has 1 saturated carbocycles. The molecule has 1 N–H and O–H groups in total. The van der Waals surface area contributed by atoms with Crippen LogP contribution >= 0.6 is 0 Å². The number of aliphatic carboxylic acids is 1. The van der Waals surface area contributed by atoms with E-state index in [1.165, 1.54) is 12.7 Å². The fraction of sp³-hybridized carbons (Fsp3) is 0.600. The minimum absolute atomic E-state index is 0.574. The van der Waals surface area contributed by atoms with Crippen molar-refractivity contribution in [1.29, 1.82) is 0 Å². The monoisotopic (exact) mass is 195 g/mol. The van der Waals surface area contributed by atoms with Gasteiger partial charge < -0.3 is 9.52 Å². The third kappa shape index (κ3) is 1.31. The maximum atomic E-state index is 11.3. The first kappa shape index (κ1) is 9.24. The van der Waals surface area contributed by atoms with Crippen LogP contribution < -0.4 is 0 Å². The summed E-state index contributed by atoms with van der Waals surface area (Å²) in [7, 11) is 0. The van der Waals surface area contributed by atoms with Crippen LogP contribution in [0.3, 0.4) is 0 Å². The molecule has 76 valence electrons. The van der Waals surface area contributed by atoms with Gasteiger partial charge in [0.25, 0.3) is 0 Å². The molecule has 4 heteroatoms. The number of nitrogens with zero attached hydrogens (tertiary/aromatic N) is 1. The lowest BCUT2D eigenvalue weighted by atomic mass is 9.72. The van der Waals surface area contributed by atoms with Crippen LogP contribution in [0.1, 0.15) is 37.8 Å². The maximum absolute atomic E-state index is 11.3. The van der Waals surface area contributed by atoms with Crippen molar-refractivity contribution < 1.29 is 14.3 Å². The van der Waals surface area contributed by atoms with E-state index in [4.69, 9.17) is 4.42 Å². The van der Waals surface area contributed by atoms with Gasteiger partial charge in [0, 0.05) is 0 Å². The van der Waals surface area contributed by atoms with Crippen LogP contribution in [0.4, 0.5) is 0 Å². The molecule has 0 atom stereocenters. The predicted octanol–water partition coefficient (Wildman–Crippen LogP) is 1.96. The summed E-state index contributed by atoms with van der Waals surface area (Å²) in [4.78, 5) is 15.3. The van der Waals surface area contributed by atoms with Gasteiger partial charge in [-0.25, -0.2) is 4.98 Å². The average Bonchev–Trinajstić information content (AvgIpc) is 2.72. The van der Waals surface area contributed by atoms with Crippen molar-refractivity contribution >= 4 is 5.97 Å². The standard InChI is InChI=1S/C10H13NO3/c12-9(13)10(4-2-1-3-5-10)8-6-14-7-11-8/h6-7H,1-5H2,(H,12,13). The fourth-order valence-electron chi connectivity index (χ4n) is 2.18. The molecule has 1 aliphatic carbocycles. The number of carboxylic acid groups (broad SMARTS) is 1. The Morgan fingerprint density at radius 3 is 2.64 bits per heavy atom. The molecular weight excluding hydrogens is 182 g/mol. The lowest BCUT2D eigenvalue weighted by Crippen LogP contribution is -2.38. The van der Waals surface area contributed by atoms with Gasteiger partial charge in [0.15, 0.2) is 6.39 Å². The number of carbonyl (C=O) groups is 1. The summed E-state index contributed by atoms with van der Waals surface area (Å²) < 4.78 is 4.87. The van der Waals surface area contributed by atoms with Crippen LogP contribution in [-0.2, 0) is 10.2 Å². The summed E-state index contributed by atoms with van der Waals surface area (Å²) in [5.74, 6) is -0.772. The zero-order valence-electron chi connectivity index (χ0n) is 7.90. The van der Waals surface area contributed by atoms with E-state index in [1.54, 1.807) is 0 Å². The van der Waals surface area contributed by atoms with Gasteiger partial charge in [-0.3, -0.25) is 4.79 Å². The second kappa shape index (κ2) is 3.44. The van der Waals surface area contributed by atoms with E-state index in [1.807, 2.05) is 0 Å². The van der Waals surface area contributed by atoms with Crippen molar-refractivity contribution in [2.75, 3.05) is 0 Å². The van der Waals surface area contributed by atoms with Gasteiger partial charge >= 0.3 is 5.97 Å². The van der Waals surface area contributed by atoms with Crippen molar-refractivity contribution in [2.24, 2.45) is 0 Å². The van der Waals surface area contributed by atoms with Crippen molar-refractivity contribution in [3.63, 3.8) is 0 Å². The number of oxazole rings is 1.